The lowest BCUT2D eigenvalue weighted by molar-refractivity contribution is -0.138. The fraction of sp³-hybridized carbons (Fsp3) is 0.696. The molecule has 4 rings (SSSR count). The molecule has 0 bridgehead atoms. The summed E-state index contributed by atoms with van der Waals surface area (Å²) in [6, 6.07) is 6.97. The van der Waals surface area contributed by atoms with E-state index in [0.29, 0.717) is 11.9 Å². The van der Waals surface area contributed by atoms with Crippen molar-refractivity contribution in [3.05, 3.63) is 29.3 Å². The molecule has 1 amide bonds. The number of ether oxygens (including phenoxy) is 1. The summed E-state index contributed by atoms with van der Waals surface area (Å²) < 4.78 is 5.55. The molecule has 0 unspecified atom stereocenters. The van der Waals surface area contributed by atoms with Gasteiger partial charge in [-0.2, -0.15) is 0 Å². The number of rotatable bonds is 6. The zero-order valence-electron chi connectivity index (χ0n) is 16.9. The Morgan fingerprint density at radius 1 is 1.19 bits per heavy atom. The van der Waals surface area contributed by atoms with Crippen LogP contribution >= 0.6 is 0 Å². The van der Waals surface area contributed by atoms with Crippen molar-refractivity contribution in [2.75, 3.05) is 26.7 Å². The highest BCUT2D eigenvalue weighted by atomic mass is 16.5. The van der Waals surface area contributed by atoms with Crippen molar-refractivity contribution in [1.82, 2.24) is 10.2 Å². The smallest absolute Gasteiger partial charge is 0.233 e. The van der Waals surface area contributed by atoms with Gasteiger partial charge in [-0.25, -0.2) is 0 Å². The molecule has 1 heterocycles. The topological polar surface area (TPSA) is 41.6 Å². The van der Waals surface area contributed by atoms with Crippen LogP contribution in [0.1, 0.15) is 62.5 Å². The lowest BCUT2D eigenvalue weighted by atomic mass is 9.76. The first-order chi connectivity index (χ1) is 13.1. The third-order valence-corrected chi connectivity index (χ3v) is 7.00. The first-order valence-corrected chi connectivity index (χ1v) is 10.8. The second-order valence-corrected chi connectivity index (χ2v) is 8.89. The average molecular weight is 371 g/mol. The van der Waals surface area contributed by atoms with Crippen LogP contribution in [0, 0.1) is 12.8 Å². The number of amides is 1. The molecular weight excluding hydrogens is 336 g/mol. The molecule has 3 fully saturated rings. The van der Waals surface area contributed by atoms with Gasteiger partial charge in [0.25, 0.3) is 0 Å². The van der Waals surface area contributed by atoms with Crippen LogP contribution in [0.5, 0.6) is 5.75 Å². The third kappa shape index (κ3) is 3.87. The Balaban J connectivity index is 1.46. The summed E-state index contributed by atoms with van der Waals surface area (Å²) in [5.41, 5.74) is 1.95. The molecule has 4 heteroatoms. The molecule has 2 aliphatic carbocycles. The molecule has 4 nitrogen and oxygen atoms in total. The van der Waals surface area contributed by atoms with Crippen molar-refractivity contribution in [2.24, 2.45) is 5.92 Å². The Morgan fingerprint density at radius 3 is 2.52 bits per heavy atom. The normalized spacial score (nSPS) is 22.8. The lowest BCUT2D eigenvalue weighted by Gasteiger charge is -2.39. The summed E-state index contributed by atoms with van der Waals surface area (Å²) in [6.45, 7) is 5.02. The van der Waals surface area contributed by atoms with Crippen molar-refractivity contribution in [3.8, 4) is 5.75 Å². The summed E-state index contributed by atoms with van der Waals surface area (Å²) in [6.07, 6.45) is 9.19. The summed E-state index contributed by atoms with van der Waals surface area (Å²) in [7, 11) is 1.72. The fourth-order valence-corrected chi connectivity index (χ4v) is 4.97. The van der Waals surface area contributed by atoms with Gasteiger partial charge in [0.05, 0.1) is 12.5 Å². The van der Waals surface area contributed by atoms with Crippen molar-refractivity contribution >= 4 is 5.91 Å². The molecule has 0 spiro atoms. The third-order valence-electron chi connectivity index (χ3n) is 7.00. The maximum Gasteiger partial charge on any atom is 0.233 e. The standard InChI is InChI=1S/C23H34N2O2/c1-17-5-8-19(15-21(17)27-2)23(11-3-4-12-23)22(26)25-13-9-20(10-14-25)24-16-18-6-7-18/h5,8,15,18,20,24H,3-4,6-7,9-14,16H2,1-2H3. The second kappa shape index (κ2) is 7.83. The van der Waals surface area contributed by atoms with Gasteiger partial charge in [-0.15, -0.1) is 0 Å². The summed E-state index contributed by atoms with van der Waals surface area (Å²) >= 11 is 0. The Labute approximate surface area is 163 Å². The molecule has 27 heavy (non-hydrogen) atoms. The summed E-state index contributed by atoms with van der Waals surface area (Å²) in [5.74, 6) is 2.17. The van der Waals surface area contributed by atoms with E-state index >= 15 is 0 Å². The predicted molar refractivity (Wildman–Crippen MR) is 108 cm³/mol. The largest absolute Gasteiger partial charge is 0.496 e. The van der Waals surface area contributed by atoms with Gasteiger partial charge in [-0.3, -0.25) is 4.79 Å². The predicted octanol–water partition coefficient (Wildman–Crippen LogP) is 3.81. The van der Waals surface area contributed by atoms with E-state index in [2.05, 4.69) is 35.3 Å². The van der Waals surface area contributed by atoms with Gasteiger partial charge in [-0.05, 0) is 75.1 Å². The number of hydrogen-bond donors (Lipinski definition) is 1. The van der Waals surface area contributed by atoms with Gasteiger partial charge in [0.15, 0.2) is 0 Å². The number of benzene rings is 1. The average Bonchev–Trinajstić information content (AvgIpc) is 3.40. The molecule has 148 valence electrons. The highest BCUT2D eigenvalue weighted by Gasteiger charge is 2.45. The molecule has 1 N–H and O–H groups in total. The van der Waals surface area contributed by atoms with Crippen LogP contribution in [-0.4, -0.2) is 43.6 Å². The number of methoxy groups -OCH3 is 1. The number of hydrogen-bond acceptors (Lipinski definition) is 3. The van der Waals surface area contributed by atoms with E-state index in [0.717, 1.165) is 74.4 Å². The second-order valence-electron chi connectivity index (χ2n) is 8.89. The number of nitrogens with zero attached hydrogens (tertiary/aromatic N) is 1. The molecule has 0 radical (unpaired) electrons. The molecule has 0 atom stereocenters. The minimum Gasteiger partial charge on any atom is -0.496 e. The molecule has 3 aliphatic rings. The maximum atomic E-state index is 13.7. The number of carbonyl (C=O) groups is 1. The Morgan fingerprint density at radius 2 is 1.89 bits per heavy atom. The Hall–Kier alpha value is -1.55. The Bertz CT molecular complexity index is 669. The zero-order valence-corrected chi connectivity index (χ0v) is 16.9. The first kappa shape index (κ1) is 18.8. The number of carbonyl (C=O) groups excluding carboxylic acids is 1. The van der Waals surface area contributed by atoms with Gasteiger partial charge in [0.2, 0.25) is 5.91 Å². The molecular formula is C23H34N2O2. The summed E-state index contributed by atoms with van der Waals surface area (Å²) in [5, 5.41) is 3.72. The van der Waals surface area contributed by atoms with E-state index in [9.17, 15) is 4.79 Å². The number of likely N-dealkylation sites (tertiary alicyclic amines) is 1. The number of piperidine rings is 1. The zero-order chi connectivity index (χ0) is 18.9. The van der Waals surface area contributed by atoms with Crippen LogP contribution in [0.15, 0.2) is 18.2 Å². The molecule has 1 aliphatic heterocycles. The van der Waals surface area contributed by atoms with E-state index in [-0.39, 0.29) is 5.41 Å². The molecule has 1 saturated heterocycles. The highest BCUT2D eigenvalue weighted by Crippen LogP contribution is 2.44. The van der Waals surface area contributed by atoms with Crippen LogP contribution in [0.4, 0.5) is 0 Å². The minimum atomic E-state index is -0.338. The van der Waals surface area contributed by atoms with Gasteiger partial charge >= 0.3 is 0 Å². The van der Waals surface area contributed by atoms with Gasteiger partial charge < -0.3 is 15.0 Å². The van der Waals surface area contributed by atoms with Crippen LogP contribution in [-0.2, 0) is 10.2 Å². The molecule has 1 aromatic rings. The van der Waals surface area contributed by atoms with Gasteiger partial charge in [-0.1, -0.05) is 25.0 Å². The maximum absolute atomic E-state index is 13.7. The van der Waals surface area contributed by atoms with E-state index in [1.54, 1.807) is 7.11 Å². The quantitative estimate of drug-likeness (QED) is 0.828. The lowest BCUT2D eigenvalue weighted by Crippen LogP contribution is -2.51. The minimum absolute atomic E-state index is 0.338. The van der Waals surface area contributed by atoms with Crippen molar-refractivity contribution in [2.45, 2.75) is 69.7 Å². The van der Waals surface area contributed by atoms with Crippen LogP contribution in [0.2, 0.25) is 0 Å². The van der Waals surface area contributed by atoms with E-state index in [4.69, 9.17) is 4.74 Å². The highest BCUT2D eigenvalue weighted by molar-refractivity contribution is 5.89. The van der Waals surface area contributed by atoms with E-state index in [1.807, 2.05) is 0 Å². The van der Waals surface area contributed by atoms with Crippen molar-refractivity contribution < 1.29 is 9.53 Å². The first-order valence-electron chi connectivity index (χ1n) is 10.8. The van der Waals surface area contributed by atoms with Crippen molar-refractivity contribution in [1.29, 1.82) is 0 Å². The molecule has 0 aromatic heterocycles. The van der Waals surface area contributed by atoms with Gasteiger partial charge in [0, 0.05) is 19.1 Å². The summed E-state index contributed by atoms with van der Waals surface area (Å²) in [4.78, 5) is 15.8. The van der Waals surface area contributed by atoms with Crippen molar-refractivity contribution in [3.63, 3.8) is 0 Å². The van der Waals surface area contributed by atoms with E-state index < -0.39 is 0 Å². The van der Waals surface area contributed by atoms with E-state index in [1.165, 1.54) is 19.4 Å². The fourth-order valence-electron chi connectivity index (χ4n) is 4.97. The van der Waals surface area contributed by atoms with Crippen LogP contribution in [0.3, 0.4) is 0 Å². The number of aryl methyl sites for hydroxylation is 1. The number of nitrogens with one attached hydrogen (secondary N) is 1. The monoisotopic (exact) mass is 370 g/mol. The van der Waals surface area contributed by atoms with Gasteiger partial charge in [0.1, 0.15) is 5.75 Å². The van der Waals surface area contributed by atoms with Crippen LogP contribution < -0.4 is 10.1 Å². The molecule has 2 saturated carbocycles. The van der Waals surface area contributed by atoms with Crippen LogP contribution in [0.25, 0.3) is 0 Å². The Kier molecular flexibility index (Phi) is 5.45. The molecule has 1 aromatic carbocycles. The SMILES string of the molecule is COc1cc(C2(C(=O)N3CCC(NCC4CC4)CC3)CCCC2)ccc1C.